The number of fused-ring (bicyclic) bond motifs is 1. The molecular formula is C19H19FN4O2. The van der Waals surface area contributed by atoms with Gasteiger partial charge in [-0.2, -0.15) is 5.10 Å². The summed E-state index contributed by atoms with van der Waals surface area (Å²) in [5.74, 6) is -0.252. The second-order valence-corrected chi connectivity index (χ2v) is 6.61. The highest BCUT2D eigenvalue weighted by atomic mass is 19.1. The van der Waals surface area contributed by atoms with Crippen LogP contribution in [0.4, 0.5) is 4.39 Å². The van der Waals surface area contributed by atoms with Gasteiger partial charge in [-0.1, -0.05) is 25.0 Å². The number of nitrogens with zero attached hydrogens (tertiary/aromatic N) is 2. The van der Waals surface area contributed by atoms with E-state index in [0.29, 0.717) is 17.6 Å². The van der Waals surface area contributed by atoms with Gasteiger partial charge in [0.2, 0.25) is 0 Å². The van der Waals surface area contributed by atoms with E-state index >= 15 is 0 Å². The molecule has 0 saturated heterocycles. The van der Waals surface area contributed by atoms with Crippen LogP contribution in [0.1, 0.15) is 35.4 Å². The molecule has 0 bridgehead atoms. The first-order valence-corrected chi connectivity index (χ1v) is 8.65. The molecule has 0 radical (unpaired) electrons. The minimum Gasteiger partial charge on any atom is -0.282 e. The van der Waals surface area contributed by atoms with E-state index in [0.717, 1.165) is 23.6 Å². The van der Waals surface area contributed by atoms with Crippen molar-refractivity contribution in [1.29, 1.82) is 0 Å². The number of nitrogens with one attached hydrogen (secondary N) is 2. The molecule has 0 atom stereocenters. The van der Waals surface area contributed by atoms with Gasteiger partial charge in [0.25, 0.3) is 5.91 Å². The van der Waals surface area contributed by atoms with E-state index in [-0.39, 0.29) is 11.2 Å². The molecule has 26 heavy (non-hydrogen) atoms. The number of aromatic nitrogens is 3. The van der Waals surface area contributed by atoms with Gasteiger partial charge in [0.05, 0.1) is 12.8 Å². The Bertz CT molecular complexity index is 965. The van der Waals surface area contributed by atoms with Crippen molar-refractivity contribution in [3.63, 3.8) is 0 Å². The summed E-state index contributed by atoms with van der Waals surface area (Å²) in [4.78, 5) is 21.9. The van der Waals surface area contributed by atoms with E-state index in [1.54, 1.807) is 24.4 Å². The number of aryl methyl sites for hydroxylation is 1. The molecule has 0 aliphatic heterocycles. The standard InChI is InChI=1S/C19H19FN4O2/c1-11-15(10-21-23-11)14-9-17(19(25)24-26-8-7-12-5-6-12)22-18-13(14)3-2-4-16(18)20/h2-4,9-10,12H,5-8H2,1H3,(H,21,23)(H,24,25). The molecule has 0 spiro atoms. The van der Waals surface area contributed by atoms with Gasteiger partial charge < -0.3 is 0 Å². The zero-order chi connectivity index (χ0) is 18.1. The highest BCUT2D eigenvalue weighted by Crippen LogP contribution is 2.32. The van der Waals surface area contributed by atoms with E-state index in [1.807, 2.05) is 6.92 Å². The van der Waals surface area contributed by atoms with Crippen molar-refractivity contribution in [1.82, 2.24) is 20.7 Å². The molecule has 0 unspecified atom stereocenters. The Labute approximate surface area is 149 Å². The first-order valence-electron chi connectivity index (χ1n) is 8.65. The predicted octanol–water partition coefficient (Wildman–Crippen LogP) is 3.53. The Morgan fingerprint density at radius 3 is 2.96 bits per heavy atom. The number of hydrogen-bond acceptors (Lipinski definition) is 4. The normalized spacial score (nSPS) is 13.9. The molecule has 1 fully saturated rings. The summed E-state index contributed by atoms with van der Waals surface area (Å²) in [6, 6.07) is 6.37. The summed E-state index contributed by atoms with van der Waals surface area (Å²) in [5, 5.41) is 7.51. The van der Waals surface area contributed by atoms with Crippen LogP contribution in [0.5, 0.6) is 0 Å². The number of pyridine rings is 1. The minimum absolute atomic E-state index is 0.102. The van der Waals surface area contributed by atoms with Crippen LogP contribution >= 0.6 is 0 Å². The number of para-hydroxylation sites is 1. The molecule has 1 aliphatic rings. The second kappa shape index (κ2) is 6.84. The van der Waals surface area contributed by atoms with Crippen LogP contribution in [0.25, 0.3) is 22.0 Å². The SMILES string of the molecule is Cc1[nH]ncc1-c1cc(C(=O)NOCCC2CC2)nc2c(F)cccc12. The number of hydrogen-bond donors (Lipinski definition) is 2. The minimum atomic E-state index is -0.492. The molecule has 2 heterocycles. The summed E-state index contributed by atoms with van der Waals surface area (Å²) < 4.78 is 14.3. The van der Waals surface area contributed by atoms with Crippen LogP contribution in [0.2, 0.25) is 0 Å². The van der Waals surface area contributed by atoms with Crippen molar-refractivity contribution in [3.8, 4) is 11.1 Å². The molecule has 1 aromatic carbocycles. The van der Waals surface area contributed by atoms with Crippen molar-refractivity contribution in [2.24, 2.45) is 5.92 Å². The third-order valence-corrected chi connectivity index (χ3v) is 4.63. The Morgan fingerprint density at radius 1 is 1.38 bits per heavy atom. The van der Waals surface area contributed by atoms with Crippen molar-refractivity contribution in [2.75, 3.05) is 6.61 Å². The topological polar surface area (TPSA) is 79.9 Å². The summed E-state index contributed by atoms with van der Waals surface area (Å²) >= 11 is 0. The van der Waals surface area contributed by atoms with Crippen LogP contribution in [0, 0.1) is 18.7 Å². The predicted molar refractivity (Wildman–Crippen MR) is 94.8 cm³/mol. The molecule has 7 heteroatoms. The van der Waals surface area contributed by atoms with Gasteiger partial charge in [0.1, 0.15) is 17.0 Å². The number of aromatic amines is 1. The fourth-order valence-electron chi connectivity index (χ4n) is 2.98. The Kier molecular flexibility index (Phi) is 4.38. The number of amides is 1. The molecule has 3 aromatic rings. The molecule has 4 rings (SSSR count). The first kappa shape index (κ1) is 16.7. The third-order valence-electron chi connectivity index (χ3n) is 4.63. The summed E-state index contributed by atoms with van der Waals surface area (Å²) in [5.41, 5.74) is 4.98. The van der Waals surface area contributed by atoms with E-state index in [1.165, 1.54) is 18.9 Å². The molecule has 1 saturated carbocycles. The number of halogens is 1. The van der Waals surface area contributed by atoms with Gasteiger partial charge in [0.15, 0.2) is 0 Å². The molecule has 2 N–H and O–H groups in total. The van der Waals surface area contributed by atoms with E-state index in [9.17, 15) is 9.18 Å². The maximum Gasteiger partial charge on any atom is 0.293 e. The lowest BCUT2D eigenvalue weighted by molar-refractivity contribution is 0.0286. The van der Waals surface area contributed by atoms with Gasteiger partial charge >= 0.3 is 0 Å². The monoisotopic (exact) mass is 354 g/mol. The van der Waals surface area contributed by atoms with Crippen LogP contribution in [-0.4, -0.2) is 27.7 Å². The third kappa shape index (κ3) is 3.30. The fourth-order valence-corrected chi connectivity index (χ4v) is 2.98. The van der Waals surface area contributed by atoms with Crippen LogP contribution < -0.4 is 5.48 Å². The summed E-state index contributed by atoms with van der Waals surface area (Å²) in [6.45, 7) is 2.33. The van der Waals surface area contributed by atoms with Crippen LogP contribution in [-0.2, 0) is 4.84 Å². The average Bonchev–Trinajstić information content (AvgIpc) is 3.37. The Hall–Kier alpha value is -2.80. The average molecular weight is 354 g/mol. The van der Waals surface area contributed by atoms with Crippen LogP contribution in [0.15, 0.2) is 30.5 Å². The Morgan fingerprint density at radius 2 is 2.23 bits per heavy atom. The quantitative estimate of drug-likeness (QED) is 0.524. The van der Waals surface area contributed by atoms with E-state index in [4.69, 9.17) is 4.84 Å². The van der Waals surface area contributed by atoms with E-state index in [2.05, 4.69) is 20.7 Å². The molecule has 6 nitrogen and oxygen atoms in total. The van der Waals surface area contributed by atoms with Crippen molar-refractivity contribution >= 4 is 16.8 Å². The van der Waals surface area contributed by atoms with Crippen LogP contribution in [0.3, 0.4) is 0 Å². The first-order chi connectivity index (χ1) is 12.6. The van der Waals surface area contributed by atoms with Gasteiger partial charge in [0, 0.05) is 16.6 Å². The van der Waals surface area contributed by atoms with Gasteiger partial charge in [-0.05, 0) is 37.0 Å². The molecule has 1 amide bonds. The van der Waals surface area contributed by atoms with E-state index < -0.39 is 11.7 Å². The number of carbonyl (C=O) groups is 1. The summed E-state index contributed by atoms with van der Waals surface area (Å²) in [7, 11) is 0. The zero-order valence-corrected chi connectivity index (χ0v) is 14.4. The van der Waals surface area contributed by atoms with Gasteiger partial charge in [-0.3, -0.25) is 14.7 Å². The lowest BCUT2D eigenvalue weighted by Gasteiger charge is -2.10. The highest BCUT2D eigenvalue weighted by molar-refractivity contribution is 6.01. The Balaban J connectivity index is 1.67. The number of rotatable bonds is 6. The number of hydroxylamine groups is 1. The maximum absolute atomic E-state index is 14.3. The number of H-pyrrole nitrogens is 1. The molecule has 1 aliphatic carbocycles. The fraction of sp³-hybridized carbons (Fsp3) is 0.316. The summed E-state index contributed by atoms with van der Waals surface area (Å²) in [6.07, 6.45) is 5.05. The van der Waals surface area contributed by atoms with Crippen molar-refractivity contribution in [2.45, 2.75) is 26.2 Å². The zero-order valence-electron chi connectivity index (χ0n) is 14.4. The van der Waals surface area contributed by atoms with Crippen molar-refractivity contribution < 1.29 is 14.0 Å². The molecular weight excluding hydrogens is 335 g/mol. The number of carbonyl (C=O) groups excluding carboxylic acids is 1. The second-order valence-electron chi connectivity index (χ2n) is 6.61. The van der Waals surface area contributed by atoms with Gasteiger partial charge in [-0.25, -0.2) is 14.9 Å². The maximum atomic E-state index is 14.3. The highest BCUT2D eigenvalue weighted by Gasteiger charge is 2.21. The molecule has 134 valence electrons. The smallest absolute Gasteiger partial charge is 0.282 e. The number of benzene rings is 1. The molecule has 2 aromatic heterocycles. The largest absolute Gasteiger partial charge is 0.293 e. The lowest BCUT2D eigenvalue weighted by Crippen LogP contribution is -2.25. The van der Waals surface area contributed by atoms with Crippen molar-refractivity contribution in [3.05, 3.63) is 47.7 Å². The lowest BCUT2D eigenvalue weighted by atomic mass is 10.0. The van der Waals surface area contributed by atoms with Gasteiger partial charge in [-0.15, -0.1) is 0 Å².